The number of likely N-dealkylation sites (tertiary alicyclic amines) is 2. The van der Waals surface area contributed by atoms with Gasteiger partial charge in [-0.15, -0.1) is 0 Å². The summed E-state index contributed by atoms with van der Waals surface area (Å²) < 4.78 is 10.9. The van der Waals surface area contributed by atoms with Crippen molar-refractivity contribution in [3.05, 3.63) is 54.5 Å². The van der Waals surface area contributed by atoms with Crippen molar-refractivity contribution in [1.82, 2.24) is 35.0 Å². The Bertz CT molecular complexity index is 2070. The minimum absolute atomic E-state index is 0.198. The standard InChI is InChI=1S/C39H48N8O8/c1-21(2)31(44-38(51)54-6)33(48)28-12-8-17-47(28)37(50)41-25-11-7-10-24(18-25)35-40-20-30(55-35)23-14-15-26-27(19-23)43-34(42-26)29-13-9-16-46(29)36(49)32(22(3)4)45(5)39(52)53/h7,10-11,14-15,18-22,28-29,31-32H,8-9,12-13,16-17H2,1-6H3,(H,41,50)(H,42,43)(H,44,51)(H,52,53)/t28-,29-,31-,32-/m0/s1. The van der Waals surface area contributed by atoms with Gasteiger partial charge in [0, 0.05) is 37.0 Å². The van der Waals surface area contributed by atoms with Gasteiger partial charge in [0.1, 0.15) is 11.9 Å². The zero-order chi connectivity index (χ0) is 39.6. The van der Waals surface area contributed by atoms with E-state index >= 15 is 0 Å². The lowest BCUT2D eigenvalue weighted by atomic mass is 9.94. The van der Waals surface area contributed by atoms with Gasteiger partial charge >= 0.3 is 18.2 Å². The van der Waals surface area contributed by atoms with Crippen LogP contribution in [-0.2, 0) is 14.3 Å². The van der Waals surface area contributed by atoms with Crippen LogP contribution in [0, 0.1) is 11.8 Å². The monoisotopic (exact) mass is 756 g/mol. The maximum absolute atomic E-state index is 13.7. The number of Topliss-reactive ketones (excluding diaryl/α,β-unsaturated/α-hetero) is 1. The van der Waals surface area contributed by atoms with E-state index in [9.17, 15) is 29.1 Å². The number of oxazole rings is 1. The molecule has 0 saturated carbocycles. The number of aromatic nitrogens is 3. The summed E-state index contributed by atoms with van der Waals surface area (Å²) in [5, 5.41) is 15.1. The van der Waals surface area contributed by atoms with Gasteiger partial charge in [-0.2, -0.15) is 0 Å². The third-order valence-electron chi connectivity index (χ3n) is 10.4. The first-order chi connectivity index (χ1) is 26.3. The van der Waals surface area contributed by atoms with Crippen LogP contribution >= 0.6 is 0 Å². The van der Waals surface area contributed by atoms with Crippen molar-refractivity contribution < 1.29 is 38.2 Å². The fraction of sp³-hybridized carbons (Fsp3) is 0.462. The highest BCUT2D eigenvalue weighted by Crippen LogP contribution is 2.35. The smallest absolute Gasteiger partial charge is 0.407 e. The number of nitrogens with one attached hydrogen (secondary N) is 3. The van der Waals surface area contributed by atoms with Crippen LogP contribution in [0.2, 0.25) is 0 Å². The van der Waals surface area contributed by atoms with Crippen molar-refractivity contribution in [1.29, 1.82) is 0 Å². The highest BCUT2D eigenvalue weighted by molar-refractivity contribution is 5.98. The average Bonchev–Trinajstić information content (AvgIpc) is 3.99. The summed E-state index contributed by atoms with van der Waals surface area (Å²) in [6.07, 6.45) is 2.39. The number of ketones is 1. The Morgan fingerprint density at radius 2 is 1.73 bits per heavy atom. The highest BCUT2D eigenvalue weighted by Gasteiger charge is 2.41. The molecule has 2 aromatic carbocycles. The number of alkyl carbamates (subject to hydrolysis) is 1. The van der Waals surface area contributed by atoms with Crippen LogP contribution in [0.1, 0.15) is 65.2 Å². The molecule has 16 nitrogen and oxygen atoms in total. The molecule has 55 heavy (non-hydrogen) atoms. The molecule has 6 rings (SSSR count). The van der Waals surface area contributed by atoms with E-state index in [-0.39, 0.29) is 29.6 Å². The minimum Gasteiger partial charge on any atom is -0.465 e. The number of imidazole rings is 1. The summed E-state index contributed by atoms with van der Waals surface area (Å²) in [6, 6.07) is 9.70. The fourth-order valence-corrected chi connectivity index (χ4v) is 7.57. The number of nitrogens with zero attached hydrogens (tertiary/aromatic N) is 5. The Labute approximate surface area is 318 Å². The van der Waals surface area contributed by atoms with Crippen LogP contribution < -0.4 is 10.6 Å². The van der Waals surface area contributed by atoms with E-state index in [2.05, 4.69) is 20.6 Å². The van der Waals surface area contributed by atoms with Crippen LogP contribution in [0.25, 0.3) is 33.8 Å². The van der Waals surface area contributed by atoms with Gasteiger partial charge in [-0.05, 0) is 73.9 Å². The van der Waals surface area contributed by atoms with Crippen molar-refractivity contribution >= 4 is 46.6 Å². The zero-order valence-corrected chi connectivity index (χ0v) is 31.9. The number of likely N-dealkylation sites (N-methyl/N-ethyl adjacent to an activating group) is 1. The predicted molar refractivity (Wildman–Crippen MR) is 203 cm³/mol. The Balaban J connectivity index is 1.15. The van der Waals surface area contributed by atoms with Gasteiger partial charge < -0.3 is 39.7 Å². The van der Waals surface area contributed by atoms with E-state index in [1.165, 1.54) is 19.1 Å². The van der Waals surface area contributed by atoms with Crippen LogP contribution in [0.3, 0.4) is 0 Å². The molecule has 292 valence electrons. The lowest BCUT2D eigenvalue weighted by Crippen LogP contribution is -2.53. The Morgan fingerprint density at radius 3 is 2.44 bits per heavy atom. The van der Waals surface area contributed by atoms with Crippen LogP contribution in [-0.4, -0.2) is 110 Å². The largest absolute Gasteiger partial charge is 0.465 e. The Kier molecular flexibility index (Phi) is 11.4. The molecule has 0 unspecified atom stereocenters. The first kappa shape index (κ1) is 38.8. The van der Waals surface area contributed by atoms with E-state index in [4.69, 9.17) is 14.1 Å². The summed E-state index contributed by atoms with van der Waals surface area (Å²) in [7, 11) is 2.66. The molecule has 0 bridgehead atoms. The van der Waals surface area contributed by atoms with Crippen molar-refractivity contribution in [3.8, 4) is 22.8 Å². The number of carboxylic acid groups (broad SMARTS) is 1. The molecular weight excluding hydrogens is 708 g/mol. The van der Waals surface area contributed by atoms with Gasteiger partial charge in [0.2, 0.25) is 11.8 Å². The summed E-state index contributed by atoms with van der Waals surface area (Å²) >= 11 is 0. The maximum atomic E-state index is 13.7. The molecule has 2 aromatic heterocycles. The number of H-pyrrole nitrogens is 1. The van der Waals surface area contributed by atoms with Gasteiger partial charge in [0.05, 0.1) is 42.5 Å². The second-order valence-electron chi connectivity index (χ2n) is 14.8. The number of carbonyl (C=O) groups is 5. The lowest BCUT2D eigenvalue weighted by Gasteiger charge is -2.33. The molecule has 2 saturated heterocycles. The SMILES string of the molecule is COC(=O)N[C@H](C(=O)[C@@H]1CCCN1C(=O)Nc1cccc(-c2ncc(-c3ccc4[nH]c([C@@H]5CCCN5C(=O)[C@H](C(C)C)N(C)C(=O)O)nc4c3)o2)c1)C(C)C. The Hall–Kier alpha value is -5.93. The van der Waals surface area contributed by atoms with E-state index in [0.717, 1.165) is 22.4 Å². The number of amides is 5. The number of aromatic amines is 1. The fourth-order valence-electron chi connectivity index (χ4n) is 7.57. The molecule has 0 aliphatic carbocycles. The number of ether oxygens (including phenoxy) is 1. The lowest BCUT2D eigenvalue weighted by molar-refractivity contribution is -0.138. The van der Waals surface area contributed by atoms with Gasteiger partial charge in [0.15, 0.2) is 11.5 Å². The van der Waals surface area contributed by atoms with Crippen LogP contribution in [0.15, 0.2) is 53.1 Å². The molecule has 4 aromatic rings. The highest BCUT2D eigenvalue weighted by atomic mass is 16.5. The van der Waals surface area contributed by atoms with Gasteiger partial charge in [0.25, 0.3) is 0 Å². The molecule has 2 aliphatic heterocycles. The van der Waals surface area contributed by atoms with Gasteiger partial charge in [-0.25, -0.2) is 24.4 Å². The van der Waals surface area contributed by atoms with Crippen molar-refractivity contribution in [3.63, 3.8) is 0 Å². The normalized spacial score (nSPS) is 18.1. The molecule has 4 atom stereocenters. The van der Waals surface area contributed by atoms with Crippen LogP contribution in [0.4, 0.5) is 20.1 Å². The van der Waals surface area contributed by atoms with Gasteiger partial charge in [-0.1, -0.05) is 33.8 Å². The molecule has 2 aliphatic rings. The number of anilines is 1. The van der Waals surface area contributed by atoms with E-state index in [1.807, 2.05) is 52.0 Å². The van der Waals surface area contributed by atoms with E-state index in [0.29, 0.717) is 66.6 Å². The summed E-state index contributed by atoms with van der Waals surface area (Å²) in [5.74, 6) is 0.598. The Morgan fingerprint density at radius 1 is 0.982 bits per heavy atom. The molecule has 0 spiro atoms. The molecular formula is C39H48N8O8. The number of hydrogen-bond donors (Lipinski definition) is 4. The number of rotatable bonds is 11. The molecule has 2 fully saturated rings. The molecule has 16 heteroatoms. The van der Waals surface area contributed by atoms with Gasteiger partial charge in [-0.3, -0.25) is 14.5 Å². The summed E-state index contributed by atoms with van der Waals surface area (Å²) in [6.45, 7) is 8.25. The molecule has 5 amide bonds. The summed E-state index contributed by atoms with van der Waals surface area (Å²) in [5.41, 5.74) is 3.32. The quantitative estimate of drug-likeness (QED) is 0.138. The first-order valence-electron chi connectivity index (χ1n) is 18.6. The van der Waals surface area contributed by atoms with Crippen molar-refractivity contribution in [2.24, 2.45) is 11.8 Å². The summed E-state index contributed by atoms with van der Waals surface area (Å²) in [4.78, 5) is 81.3. The molecule has 0 radical (unpaired) electrons. The number of methoxy groups -OCH3 is 1. The first-order valence-corrected chi connectivity index (χ1v) is 18.6. The number of benzene rings is 2. The van der Waals surface area contributed by atoms with Crippen LogP contribution in [0.5, 0.6) is 0 Å². The second-order valence-corrected chi connectivity index (χ2v) is 14.8. The minimum atomic E-state index is -1.15. The molecule has 4 N–H and O–H groups in total. The van der Waals surface area contributed by atoms with E-state index in [1.54, 1.807) is 29.3 Å². The van der Waals surface area contributed by atoms with E-state index < -0.39 is 36.3 Å². The topological polar surface area (TPSA) is 203 Å². The average molecular weight is 757 g/mol. The van der Waals surface area contributed by atoms with Crippen molar-refractivity contribution in [2.45, 2.75) is 77.5 Å². The number of carbonyl (C=O) groups excluding carboxylic acids is 4. The third kappa shape index (κ3) is 8.12. The molecule has 4 heterocycles. The number of hydrogen-bond acceptors (Lipinski definition) is 9. The predicted octanol–water partition coefficient (Wildman–Crippen LogP) is 6.13. The second kappa shape index (κ2) is 16.2. The maximum Gasteiger partial charge on any atom is 0.407 e. The number of fused-ring (bicyclic) bond motifs is 1. The van der Waals surface area contributed by atoms with Crippen molar-refractivity contribution in [2.75, 3.05) is 32.6 Å². The zero-order valence-electron chi connectivity index (χ0n) is 31.9. The number of urea groups is 1. The third-order valence-corrected chi connectivity index (χ3v) is 10.4.